The molecule has 0 saturated heterocycles. The van der Waals surface area contributed by atoms with E-state index in [-0.39, 0.29) is 24.8 Å². The lowest BCUT2D eigenvalue weighted by Crippen LogP contribution is -2.49. The minimum Gasteiger partial charge on any atom is -0.354 e. The number of rotatable bonds is 14. The zero-order valence-corrected chi connectivity index (χ0v) is 23.2. The lowest BCUT2D eigenvalue weighted by Gasteiger charge is -2.31. The Bertz CT molecular complexity index is 1120. The van der Waals surface area contributed by atoms with Crippen molar-refractivity contribution in [3.05, 3.63) is 64.7 Å². The molecule has 1 atom stereocenters. The van der Waals surface area contributed by atoms with E-state index in [1.165, 1.54) is 4.31 Å². The van der Waals surface area contributed by atoms with Crippen LogP contribution in [-0.2, 0) is 26.2 Å². The molecule has 0 fully saturated rings. The molecule has 0 aliphatic heterocycles. The summed E-state index contributed by atoms with van der Waals surface area (Å²) in [5, 5.41) is 3.39. The van der Waals surface area contributed by atoms with Gasteiger partial charge in [-0.25, -0.2) is 8.42 Å². The van der Waals surface area contributed by atoms with E-state index >= 15 is 0 Å². The van der Waals surface area contributed by atoms with E-state index in [4.69, 9.17) is 11.6 Å². The Morgan fingerprint density at radius 1 is 1.06 bits per heavy atom. The normalized spacial score (nSPS) is 12.1. The highest BCUT2D eigenvalue weighted by Gasteiger charge is 2.28. The van der Waals surface area contributed by atoms with E-state index in [9.17, 15) is 18.0 Å². The predicted molar refractivity (Wildman–Crippen MR) is 147 cm³/mol. The molecule has 0 heterocycles. The number of hydrogen-bond donors (Lipinski definition) is 1. The van der Waals surface area contributed by atoms with Gasteiger partial charge in [-0.15, -0.1) is 0 Å². The number of carbonyl (C=O) groups is 2. The van der Waals surface area contributed by atoms with Gasteiger partial charge in [0.15, 0.2) is 0 Å². The molecule has 7 nitrogen and oxygen atoms in total. The summed E-state index contributed by atoms with van der Waals surface area (Å²) in [6, 6.07) is 13.9. The number of unbranched alkanes of at least 4 members (excludes halogenated alkanes) is 1. The lowest BCUT2D eigenvalue weighted by atomic mass is 10.1. The third kappa shape index (κ3) is 9.13. The molecule has 2 amide bonds. The molecule has 0 radical (unpaired) electrons. The fourth-order valence-electron chi connectivity index (χ4n) is 4.07. The zero-order chi connectivity index (χ0) is 26.7. The number of anilines is 1. The smallest absolute Gasteiger partial charge is 0.242 e. The highest BCUT2D eigenvalue weighted by atomic mass is 35.5. The average Bonchev–Trinajstić information content (AvgIpc) is 2.81. The van der Waals surface area contributed by atoms with Gasteiger partial charge in [-0.2, -0.15) is 0 Å². The van der Waals surface area contributed by atoms with Gasteiger partial charge in [0.05, 0.1) is 11.9 Å². The summed E-state index contributed by atoms with van der Waals surface area (Å²) < 4.78 is 26.1. The Morgan fingerprint density at radius 3 is 2.39 bits per heavy atom. The number of aryl methyl sites for hydroxylation is 1. The van der Waals surface area contributed by atoms with Crippen molar-refractivity contribution in [1.82, 2.24) is 10.2 Å². The number of hydrogen-bond acceptors (Lipinski definition) is 4. The molecule has 2 aromatic rings. The second-order valence-corrected chi connectivity index (χ2v) is 11.3. The van der Waals surface area contributed by atoms with Crippen LogP contribution in [0.1, 0.15) is 57.1 Å². The number of sulfonamides is 1. The maximum absolute atomic E-state index is 13.4. The Kier molecular flexibility index (Phi) is 11.7. The van der Waals surface area contributed by atoms with Crippen molar-refractivity contribution in [3.8, 4) is 0 Å². The van der Waals surface area contributed by atoms with Gasteiger partial charge in [0.25, 0.3) is 0 Å². The van der Waals surface area contributed by atoms with Crippen LogP contribution in [0.2, 0.25) is 5.02 Å². The third-order valence-electron chi connectivity index (χ3n) is 5.90. The van der Waals surface area contributed by atoms with Crippen molar-refractivity contribution in [2.45, 2.75) is 65.5 Å². The van der Waals surface area contributed by atoms with Crippen LogP contribution in [0.25, 0.3) is 0 Å². The van der Waals surface area contributed by atoms with Crippen molar-refractivity contribution in [2.75, 3.05) is 23.7 Å². The van der Waals surface area contributed by atoms with E-state index in [1.807, 2.05) is 38.1 Å². The van der Waals surface area contributed by atoms with Crippen LogP contribution in [-0.4, -0.2) is 50.5 Å². The van der Waals surface area contributed by atoms with E-state index in [0.29, 0.717) is 36.6 Å². The fourth-order valence-corrected chi connectivity index (χ4v) is 5.21. The Morgan fingerprint density at radius 2 is 1.78 bits per heavy atom. The maximum atomic E-state index is 13.4. The summed E-state index contributed by atoms with van der Waals surface area (Å²) in [6.45, 7) is 6.94. The standard InChI is InChI=1S/C27H38ClN3O4S/c1-5-7-16-29-27(33)25(6-2)30(20-22-12-8-11-21(3)18-22)26(32)15-10-17-31(36(4,34)35)24-14-9-13-23(28)19-24/h8-9,11-14,18-19,25H,5-7,10,15-17,20H2,1-4H3,(H,29,33)/t25-/m1/s1. The van der Waals surface area contributed by atoms with Crippen molar-refractivity contribution >= 4 is 39.1 Å². The summed E-state index contributed by atoms with van der Waals surface area (Å²) in [6.07, 6.45) is 3.86. The highest BCUT2D eigenvalue weighted by molar-refractivity contribution is 7.92. The average molecular weight is 536 g/mol. The number of amides is 2. The molecule has 0 bridgehead atoms. The molecular weight excluding hydrogens is 498 g/mol. The maximum Gasteiger partial charge on any atom is 0.242 e. The van der Waals surface area contributed by atoms with Crippen molar-refractivity contribution in [3.63, 3.8) is 0 Å². The van der Waals surface area contributed by atoms with Crippen LogP contribution >= 0.6 is 11.6 Å². The van der Waals surface area contributed by atoms with Crippen LogP contribution in [0.4, 0.5) is 5.69 Å². The Hall–Kier alpha value is -2.58. The van der Waals surface area contributed by atoms with Gasteiger partial charge in [0.2, 0.25) is 21.8 Å². The topological polar surface area (TPSA) is 86.8 Å². The largest absolute Gasteiger partial charge is 0.354 e. The van der Waals surface area contributed by atoms with Gasteiger partial charge >= 0.3 is 0 Å². The molecule has 36 heavy (non-hydrogen) atoms. The molecule has 0 aliphatic rings. The van der Waals surface area contributed by atoms with Gasteiger partial charge < -0.3 is 10.2 Å². The Balaban J connectivity index is 2.20. The Labute approximate surface area is 220 Å². The van der Waals surface area contributed by atoms with Crippen molar-refractivity contribution in [1.29, 1.82) is 0 Å². The summed E-state index contributed by atoms with van der Waals surface area (Å²) in [4.78, 5) is 28.0. The van der Waals surface area contributed by atoms with E-state index < -0.39 is 16.1 Å². The lowest BCUT2D eigenvalue weighted by molar-refractivity contribution is -0.141. The zero-order valence-electron chi connectivity index (χ0n) is 21.7. The molecule has 0 saturated carbocycles. The monoisotopic (exact) mass is 535 g/mol. The predicted octanol–water partition coefficient (Wildman–Crippen LogP) is 4.92. The molecule has 9 heteroatoms. The molecule has 198 valence electrons. The number of halogens is 1. The first kappa shape index (κ1) is 29.6. The summed E-state index contributed by atoms with van der Waals surface area (Å²) in [5.41, 5.74) is 2.47. The summed E-state index contributed by atoms with van der Waals surface area (Å²) >= 11 is 6.06. The van der Waals surface area contributed by atoms with E-state index in [0.717, 1.165) is 30.2 Å². The number of nitrogens with zero attached hydrogens (tertiary/aromatic N) is 2. The van der Waals surface area contributed by atoms with Gasteiger partial charge in [0, 0.05) is 31.1 Å². The van der Waals surface area contributed by atoms with Gasteiger partial charge in [-0.3, -0.25) is 13.9 Å². The van der Waals surface area contributed by atoms with Gasteiger partial charge in [-0.1, -0.05) is 67.8 Å². The molecule has 0 aliphatic carbocycles. The number of benzene rings is 2. The van der Waals surface area contributed by atoms with Crippen LogP contribution < -0.4 is 9.62 Å². The molecule has 2 rings (SSSR count). The molecule has 0 spiro atoms. The van der Waals surface area contributed by atoms with Crippen LogP contribution in [0.3, 0.4) is 0 Å². The van der Waals surface area contributed by atoms with Crippen molar-refractivity contribution in [2.24, 2.45) is 0 Å². The SMILES string of the molecule is CCCCNC(=O)[C@@H](CC)N(Cc1cccc(C)c1)C(=O)CCCN(c1cccc(Cl)c1)S(C)(=O)=O. The molecule has 2 aromatic carbocycles. The first-order chi connectivity index (χ1) is 17.1. The molecule has 1 N–H and O–H groups in total. The second kappa shape index (κ2) is 14.2. The summed E-state index contributed by atoms with van der Waals surface area (Å²) in [7, 11) is -3.57. The molecular formula is C27H38ClN3O4S. The van der Waals surface area contributed by atoms with E-state index in [1.54, 1.807) is 29.2 Å². The molecule has 0 aromatic heterocycles. The first-order valence-corrected chi connectivity index (χ1v) is 14.7. The van der Waals surface area contributed by atoms with Gasteiger partial charge in [0.1, 0.15) is 6.04 Å². The quantitative estimate of drug-likeness (QED) is 0.348. The fraction of sp³-hybridized carbons (Fsp3) is 0.481. The van der Waals surface area contributed by atoms with Crippen molar-refractivity contribution < 1.29 is 18.0 Å². The van der Waals surface area contributed by atoms with Crippen LogP contribution in [0.5, 0.6) is 0 Å². The number of nitrogens with one attached hydrogen (secondary N) is 1. The summed E-state index contributed by atoms with van der Waals surface area (Å²) in [5.74, 6) is -0.350. The van der Waals surface area contributed by atoms with Crippen LogP contribution in [0, 0.1) is 6.92 Å². The van der Waals surface area contributed by atoms with E-state index in [2.05, 4.69) is 12.2 Å². The van der Waals surface area contributed by atoms with Crippen LogP contribution in [0.15, 0.2) is 48.5 Å². The first-order valence-electron chi connectivity index (χ1n) is 12.4. The van der Waals surface area contributed by atoms with Gasteiger partial charge in [-0.05, 0) is 49.9 Å². The minimum absolute atomic E-state index is 0.108. The molecule has 0 unspecified atom stereocenters. The second-order valence-electron chi connectivity index (χ2n) is 9.00. The third-order valence-corrected chi connectivity index (χ3v) is 7.33. The minimum atomic E-state index is -3.57. The number of carbonyl (C=O) groups excluding carboxylic acids is 2. The highest BCUT2D eigenvalue weighted by Crippen LogP contribution is 2.23.